The monoisotopic (exact) mass is 354 g/mol. The summed E-state index contributed by atoms with van der Waals surface area (Å²) in [6.45, 7) is 1.72. The normalized spacial score (nSPS) is 11.6. The molecule has 0 spiro atoms. The molecule has 3 aromatic rings. The van der Waals surface area contributed by atoms with Crippen molar-refractivity contribution in [1.82, 2.24) is 20.1 Å². The van der Waals surface area contributed by atoms with E-state index < -0.39 is 23.7 Å². The zero-order valence-electron chi connectivity index (χ0n) is 12.7. The van der Waals surface area contributed by atoms with Crippen molar-refractivity contribution in [2.45, 2.75) is 19.7 Å². The van der Waals surface area contributed by atoms with Gasteiger partial charge in [-0.3, -0.25) is 0 Å². The number of benzene rings is 1. The number of alkyl halides is 3. The van der Waals surface area contributed by atoms with E-state index in [-0.39, 0.29) is 12.2 Å². The third-order valence-corrected chi connectivity index (χ3v) is 3.08. The first kappa shape index (κ1) is 16.8. The average Bonchev–Trinajstić information content (AvgIpc) is 3.03. The fourth-order valence-corrected chi connectivity index (χ4v) is 1.95. The van der Waals surface area contributed by atoms with Crippen LogP contribution in [-0.2, 0) is 12.8 Å². The van der Waals surface area contributed by atoms with Gasteiger partial charge in [0.1, 0.15) is 18.2 Å². The van der Waals surface area contributed by atoms with Crippen molar-refractivity contribution in [2.24, 2.45) is 0 Å². The fraction of sp³-hybridized carbons (Fsp3) is 0.200. The molecule has 6 nitrogen and oxygen atoms in total. The molecule has 2 aromatic heterocycles. The van der Waals surface area contributed by atoms with Gasteiger partial charge in [0, 0.05) is 12.3 Å². The van der Waals surface area contributed by atoms with Crippen LogP contribution in [0.25, 0.3) is 11.4 Å². The second kappa shape index (κ2) is 6.46. The number of nitrogens with zero attached hydrogens (tertiary/aromatic N) is 4. The molecule has 0 N–H and O–H groups in total. The van der Waals surface area contributed by atoms with Crippen molar-refractivity contribution in [3.05, 3.63) is 53.6 Å². The van der Waals surface area contributed by atoms with Gasteiger partial charge in [-0.1, -0.05) is 11.2 Å². The van der Waals surface area contributed by atoms with Gasteiger partial charge in [0.25, 0.3) is 0 Å². The maximum atomic E-state index is 14.1. The van der Waals surface area contributed by atoms with E-state index >= 15 is 0 Å². The summed E-state index contributed by atoms with van der Waals surface area (Å²) in [5, 5.41) is 3.15. The van der Waals surface area contributed by atoms with E-state index in [1.54, 1.807) is 13.0 Å². The Bertz CT molecular complexity index is 895. The Morgan fingerprint density at radius 1 is 1.16 bits per heavy atom. The van der Waals surface area contributed by atoms with Crippen LogP contribution in [0.4, 0.5) is 17.6 Å². The molecule has 25 heavy (non-hydrogen) atoms. The Hall–Kier alpha value is -3.04. The predicted octanol–water partition coefficient (Wildman–Crippen LogP) is 3.57. The standard InChI is InChI=1S/C15H10F4N4O2/c1-8-20-5-4-12(21-8)24-7-9-2-3-10(11(16)6-9)13-22-14(25-23-13)15(17,18)19/h2-6H,7H2,1H3. The third kappa shape index (κ3) is 3.90. The van der Waals surface area contributed by atoms with E-state index in [9.17, 15) is 17.6 Å². The molecule has 0 radical (unpaired) electrons. The molecule has 0 aliphatic heterocycles. The van der Waals surface area contributed by atoms with Crippen LogP contribution in [0.1, 0.15) is 17.3 Å². The Balaban J connectivity index is 1.75. The third-order valence-electron chi connectivity index (χ3n) is 3.08. The Labute approximate surface area is 138 Å². The Kier molecular flexibility index (Phi) is 4.34. The van der Waals surface area contributed by atoms with E-state index in [1.165, 1.54) is 18.3 Å². The molecule has 0 saturated carbocycles. The average molecular weight is 354 g/mol. The molecule has 0 atom stereocenters. The first-order chi connectivity index (χ1) is 11.8. The topological polar surface area (TPSA) is 73.9 Å². The summed E-state index contributed by atoms with van der Waals surface area (Å²) in [6.07, 6.45) is -3.26. The maximum absolute atomic E-state index is 14.1. The number of hydrogen-bond donors (Lipinski definition) is 0. The van der Waals surface area contributed by atoms with E-state index in [4.69, 9.17) is 4.74 Å². The van der Waals surface area contributed by atoms with Crippen molar-refractivity contribution in [2.75, 3.05) is 0 Å². The summed E-state index contributed by atoms with van der Waals surface area (Å²) >= 11 is 0. The van der Waals surface area contributed by atoms with Gasteiger partial charge >= 0.3 is 12.1 Å². The summed E-state index contributed by atoms with van der Waals surface area (Å²) < 4.78 is 61.0. The Morgan fingerprint density at radius 3 is 2.60 bits per heavy atom. The van der Waals surface area contributed by atoms with Crippen LogP contribution in [0.2, 0.25) is 0 Å². The molecule has 0 amide bonds. The summed E-state index contributed by atoms with van der Waals surface area (Å²) in [4.78, 5) is 11.1. The van der Waals surface area contributed by atoms with Crippen LogP contribution in [-0.4, -0.2) is 20.1 Å². The van der Waals surface area contributed by atoms with Crippen molar-refractivity contribution in [3.63, 3.8) is 0 Å². The number of aryl methyl sites for hydroxylation is 1. The predicted molar refractivity (Wildman–Crippen MR) is 75.8 cm³/mol. The SMILES string of the molecule is Cc1nccc(OCc2ccc(-c3noc(C(F)(F)F)n3)c(F)c2)n1. The number of hydrogen-bond acceptors (Lipinski definition) is 6. The van der Waals surface area contributed by atoms with Crippen LogP contribution >= 0.6 is 0 Å². The number of ether oxygens (including phenoxy) is 1. The lowest BCUT2D eigenvalue weighted by Crippen LogP contribution is -2.05. The minimum Gasteiger partial charge on any atom is -0.473 e. The molecule has 130 valence electrons. The molecule has 1 aromatic carbocycles. The molecule has 2 heterocycles. The van der Waals surface area contributed by atoms with E-state index in [0.29, 0.717) is 17.3 Å². The first-order valence-corrected chi connectivity index (χ1v) is 6.95. The van der Waals surface area contributed by atoms with Gasteiger partial charge in [0.2, 0.25) is 11.7 Å². The largest absolute Gasteiger partial charge is 0.473 e. The second-order valence-electron chi connectivity index (χ2n) is 4.97. The minimum absolute atomic E-state index is 0.0215. The summed E-state index contributed by atoms with van der Waals surface area (Å²) in [6, 6.07) is 5.41. The van der Waals surface area contributed by atoms with Crippen molar-refractivity contribution in [1.29, 1.82) is 0 Å². The first-order valence-electron chi connectivity index (χ1n) is 6.95. The Morgan fingerprint density at radius 2 is 1.96 bits per heavy atom. The molecule has 3 rings (SSSR count). The minimum atomic E-state index is -4.79. The van der Waals surface area contributed by atoms with Gasteiger partial charge < -0.3 is 9.26 Å². The van der Waals surface area contributed by atoms with Crippen LogP contribution in [0, 0.1) is 12.7 Å². The molecular weight excluding hydrogens is 344 g/mol. The summed E-state index contributed by atoms with van der Waals surface area (Å²) in [5.74, 6) is -1.96. The molecular formula is C15H10F4N4O2. The highest BCUT2D eigenvalue weighted by molar-refractivity contribution is 5.55. The van der Waals surface area contributed by atoms with Gasteiger partial charge in [0.15, 0.2) is 0 Å². The van der Waals surface area contributed by atoms with Gasteiger partial charge in [-0.15, -0.1) is 0 Å². The highest BCUT2D eigenvalue weighted by Gasteiger charge is 2.38. The molecule has 0 aliphatic carbocycles. The van der Waals surface area contributed by atoms with Crippen LogP contribution in [0.3, 0.4) is 0 Å². The number of halogens is 4. The van der Waals surface area contributed by atoms with E-state index in [2.05, 4.69) is 24.6 Å². The molecule has 0 fully saturated rings. The van der Waals surface area contributed by atoms with E-state index in [0.717, 1.165) is 6.07 Å². The van der Waals surface area contributed by atoms with Gasteiger partial charge in [-0.25, -0.2) is 9.37 Å². The van der Waals surface area contributed by atoms with Crippen molar-refractivity contribution >= 4 is 0 Å². The summed E-state index contributed by atoms with van der Waals surface area (Å²) in [7, 11) is 0. The number of rotatable bonds is 4. The van der Waals surface area contributed by atoms with Gasteiger partial charge in [-0.05, 0) is 24.6 Å². The van der Waals surface area contributed by atoms with Crippen molar-refractivity contribution in [3.8, 4) is 17.3 Å². The van der Waals surface area contributed by atoms with Gasteiger partial charge in [0.05, 0.1) is 5.56 Å². The maximum Gasteiger partial charge on any atom is 0.471 e. The molecule has 0 unspecified atom stereocenters. The van der Waals surface area contributed by atoms with Crippen LogP contribution in [0.15, 0.2) is 35.0 Å². The highest BCUT2D eigenvalue weighted by Crippen LogP contribution is 2.30. The van der Waals surface area contributed by atoms with Crippen molar-refractivity contribution < 1.29 is 26.8 Å². The second-order valence-corrected chi connectivity index (χ2v) is 4.97. The smallest absolute Gasteiger partial charge is 0.471 e. The lowest BCUT2D eigenvalue weighted by molar-refractivity contribution is -0.159. The molecule has 10 heteroatoms. The van der Waals surface area contributed by atoms with Crippen LogP contribution < -0.4 is 4.74 Å². The fourth-order valence-electron chi connectivity index (χ4n) is 1.95. The zero-order valence-corrected chi connectivity index (χ0v) is 12.7. The zero-order chi connectivity index (χ0) is 18.0. The molecule has 0 aliphatic rings. The molecule has 0 saturated heterocycles. The lowest BCUT2D eigenvalue weighted by Gasteiger charge is -2.06. The van der Waals surface area contributed by atoms with E-state index in [1.807, 2.05) is 0 Å². The van der Waals surface area contributed by atoms with Gasteiger partial charge in [-0.2, -0.15) is 23.1 Å². The lowest BCUT2D eigenvalue weighted by atomic mass is 10.1. The molecule has 0 bridgehead atoms. The highest BCUT2D eigenvalue weighted by atomic mass is 19.4. The number of aromatic nitrogens is 4. The quantitative estimate of drug-likeness (QED) is 0.667. The van der Waals surface area contributed by atoms with Crippen LogP contribution in [0.5, 0.6) is 5.88 Å². The summed E-state index contributed by atoms with van der Waals surface area (Å²) in [5.41, 5.74) is 0.248.